The predicted molar refractivity (Wildman–Crippen MR) is 67.2 cm³/mol. The van der Waals surface area contributed by atoms with Crippen molar-refractivity contribution in [2.45, 2.75) is 58.5 Å². The molecule has 0 radical (unpaired) electrons. The van der Waals surface area contributed by atoms with E-state index in [1.54, 1.807) is 11.3 Å². The van der Waals surface area contributed by atoms with E-state index in [0.717, 1.165) is 6.54 Å². The second kappa shape index (κ2) is 7.83. The van der Waals surface area contributed by atoms with Gasteiger partial charge in [0.1, 0.15) is 0 Å². The average Bonchev–Trinajstić information content (AvgIpc) is 2.75. The van der Waals surface area contributed by atoms with Crippen LogP contribution in [0.2, 0.25) is 0 Å². The summed E-state index contributed by atoms with van der Waals surface area (Å²) in [4.78, 5) is 4.28. The molecule has 0 saturated carbocycles. The summed E-state index contributed by atoms with van der Waals surface area (Å²) in [7, 11) is 0. The molecule has 86 valence electrons. The minimum absolute atomic E-state index is 0.677. The van der Waals surface area contributed by atoms with E-state index < -0.39 is 0 Å². The molecule has 0 fully saturated rings. The number of nitrogens with one attached hydrogen (secondary N) is 1. The van der Waals surface area contributed by atoms with E-state index in [2.05, 4.69) is 29.5 Å². The SMILES string of the molecule is CCCCC(CCC)NCc1cscn1. The number of nitrogens with zero attached hydrogens (tertiary/aromatic N) is 1. The van der Waals surface area contributed by atoms with Crippen molar-refractivity contribution in [3.63, 3.8) is 0 Å². The van der Waals surface area contributed by atoms with E-state index in [9.17, 15) is 0 Å². The van der Waals surface area contributed by atoms with Crippen LogP contribution in [0.15, 0.2) is 10.9 Å². The van der Waals surface area contributed by atoms with Gasteiger partial charge in [0.25, 0.3) is 0 Å². The second-order valence-electron chi connectivity index (χ2n) is 3.99. The lowest BCUT2D eigenvalue weighted by molar-refractivity contribution is 0.432. The first-order chi connectivity index (χ1) is 7.36. The van der Waals surface area contributed by atoms with Crippen molar-refractivity contribution in [3.05, 3.63) is 16.6 Å². The van der Waals surface area contributed by atoms with Crippen LogP contribution in [0.1, 0.15) is 51.6 Å². The van der Waals surface area contributed by atoms with Crippen LogP contribution in [0.5, 0.6) is 0 Å². The number of hydrogen-bond acceptors (Lipinski definition) is 3. The Bertz CT molecular complexity index is 234. The van der Waals surface area contributed by atoms with Gasteiger partial charge in [0.05, 0.1) is 11.2 Å². The smallest absolute Gasteiger partial charge is 0.0795 e. The summed E-state index contributed by atoms with van der Waals surface area (Å²) in [5.74, 6) is 0. The van der Waals surface area contributed by atoms with Crippen LogP contribution in [0, 0.1) is 0 Å². The van der Waals surface area contributed by atoms with Gasteiger partial charge < -0.3 is 5.32 Å². The summed E-state index contributed by atoms with van der Waals surface area (Å²) in [5, 5.41) is 5.72. The Labute approximate surface area is 97.1 Å². The molecule has 0 aliphatic carbocycles. The lowest BCUT2D eigenvalue weighted by Crippen LogP contribution is -2.28. The second-order valence-corrected chi connectivity index (χ2v) is 4.71. The molecule has 1 unspecified atom stereocenters. The zero-order valence-electron chi connectivity index (χ0n) is 9.83. The molecule has 3 heteroatoms. The first-order valence-electron chi connectivity index (χ1n) is 5.97. The van der Waals surface area contributed by atoms with E-state index in [4.69, 9.17) is 0 Å². The molecule has 1 aromatic heterocycles. The average molecular weight is 226 g/mol. The van der Waals surface area contributed by atoms with Gasteiger partial charge in [-0.05, 0) is 12.8 Å². The van der Waals surface area contributed by atoms with Crippen molar-refractivity contribution in [3.8, 4) is 0 Å². The minimum atomic E-state index is 0.677. The van der Waals surface area contributed by atoms with E-state index in [1.165, 1.54) is 37.8 Å². The summed E-state index contributed by atoms with van der Waals surface area (Å²) < 4.78 is 0. The molecule has 0 bridgehead atoms. The number of thiazole rings is 1. The maximum atomic E-state index is 4.28. The van der Waals surface area contributed by atoms with Gasteiger partial charge in [-0.25, -0.2) is 4.98 Å². The van der Waals surface area contributed by atoms with E-state index in [-0.39, 0.29) is 0 Å². The topological polar surface area (TPSA) is 24.9 Å². The highest BCUT2D eigenvalue weighted by molar-refractivity contribution is 7.07. The van der Waals surface area contributed by atoms with Crippen molar-refractivity contribution >= 4 is 11.3 Å². The van der Waals surface area contributed by atoms with Crippen LogP contribution in [0.25, 0.3) is 0 Å². The van der Waals surface area contributed by atoms with Crippen molar-refractivity contribution in [1.82, 2.24) is 10.3 Å². The third-order valence-corrected chi connectivity index (χ3v) is 3.23. The van der Waals surface area contributed by atoms with Crippen LogP contribution in [-0.4, -0.2) is 11.0 Å². The molecule has 15 heavy (non-hydrogen) atoms. The first kappa shape index (κ1) is 12.7. The molecule has 0 aliphatic rings. The maximum Gasteiger partial charge on any atom is 0.0795 e. The Morgan fingerprint density at radius 1 is 1.33 bits per heavy atom. The summed E-state index contributed by atoms with van der Waals surface area (Å²) in [5.41, 5.74) is 3.08. The van der Waals surface area contributed by atoms with Gasteiger partial charge in [-0.1, -0.05) is 33.1 Å². The number of rotatable bonds is 8. The fourth-order valence-electron chi connectivity index (χ4n) is 1.72. The van der Waals surface area contributed by atoms with Crippen LogP contribution < -0.4 is 5.32 Å². The summed E-state index contributed by atoms with van der Waals surface area (Å²) in [6.45, 7) is 5.44. The quantitative estimate of drug-likeness (QED) is 0.732. The van der Waals surface area contributed by atoms with Gasteiger partial charge in [-0.2, -0.15) is 0 Å². The molecule has 1 atom stereocenters. The van der Waals surface area contributed by atoms with Crippen molar-refractivity contribution < 1.29 is 0 Å². The van der Waals surface area contributed by atoms with Gasteiger partial charge in [-0.3, -0.25) is 0 Å². The molecule has 1 N–H and O–H groups in total. The zero-order valence-corrected chi connectivity index (χ0v) is 10.6. The van der Waals surface area contributed by atoms with Gasteiger partial charge in [0.15, 0.2) is 0 Å². The monoisotopic (exact) mass is 226 g/mol. The van der Waals surface area contributed by atoms with Gasteiger partial charge in [-0.15, -0.1) is 11.3 Å². The molecule has 1 rings (SSSR count). The number of aromatic nitrogens is 1. The van der Waals surface area contributed by atoms with Gasteiger partial charge in [0, 0.05) is 18.0 Å². The van der Waals surface area contributed by atoms with Crippen molar-refractivity contribution in [2.75, 3.05) is 0 Å². The van der Waals surface area contributed by atoms with Crippen LogP contribution >= 0.6 is 11.3 Å². The molecular formula is C12H22N2S. The maximum absolute atomic E-state index is 4.28. The molecule has 2 nitrogen and oxygen atoms in total. The largest absolute Gasteiger partial charge is 0.308 e. The Hall–Kier alpha value is -0.410. The Morgan fingerprint density at radius 2 is 2.20 bits per heavy atom. The van der Waals surface area contributed by atoms with Gasteiger partial charge >= 0.3 is 0 Å². The Balaban J connectivity index is 2.24. The van der Waals surface area contributed by atoms with E-state index in [1.807, 2.05) is 5.51 Å². The Kier molecular flexibility index (Phi) is 6.60. The third-order valence-electron chi connectivity index (χ3n) is 2.60. The predicted octanol–water partition coefficient (Wildman–Crippen LogP) is 3.59. The summed E-state index contributed by atoms with van der Waals surface area (Å²) in [6, 6.07) is 0.677. The molecule has 0 aromatic carbocycles. The van der Waals surface area contributed by atoms with Gasteiger partial charge in [0.2, 0.25) is 0 Å². The molecule has 0 spiro atoms. The highest BCUT2D eigenvalue weighted by atomic mass is 32.1. The summed E-state index contributed by atoms with van der Waals surface area (Å²) in [6.07, 6.45) is 6.46. The molecule has 0 amide bonds. The molecule has 1 heterocycles. The lowest BCUT2D eigenvalue weighted by atomic mass is 10.1. The number of unbranched alkanes of at least 4 members (excludes halogenated alkanes) is 1. The highest BCUT2D eigenvalue weighted by Crippen LogP contribution is 2.08. The fraction of sp³-hybridized carbons (Fsp3) is 0.750. The van der Waals surface area contributed by atoms with Crippen LogP contribution in [0.4, 0.5) is 0 Å². The molecule has 0 saturated heterocycles. The molecule has 1 aromatic rings. The lowest BCUT2D eigenvalue weighted by Gasteiger charge is -2.16. The molecule has 0 aliphatic heterocycles. The van der Waals surface area contributed by atoms with Crippen LogP contribution in [-0.2, 0) is 6.54 Å². The van der Waals surface area contributed by atoms with Crippen LogP contribution in [0.3, 0.4) is 0 Å². The van der Waals surface area contributed by atoms with E-state index in [0.29, 0.717) is 6.04 Å². The van der Waals surface area contributed by atoms with Crippen molar-refractivity contribution in [1.29, 1.82) is 0 Å². The first-order valence-corrected chi connectivity index (χ1v) is 6.91. The zero-order chi connectivity index (χ0) is 10.9. The number of hydrogen-bond donors (Lipinski definition) is 1. The summed E-state index contributed by atoms with van der Waals surface area (Å²) >= 11 is 1.67. The normalized spacial score (nSPS) is 12.9. The minimum Gasteiger partial charge on any atom is -0.308 e. The Morgan fingerprint density at radius 3 is 2.80 bits per heavy atom. The fourth-order valence-corrected chi connectivity index (χ4v) is 2.28. The third kappa shape index (κ3) is 5.28. The standard InChI is InChI=1S/C12H22N2S/c1-3-5-7-11(6-4-2)13-8-12-9-15-10-14-12/h9-11,13H,3-8H2,1-2H3. The highest BCUT2D eigenvalue weighted by Gasteiger charge is 2.06. The van der Waals surface area contributed by atoms with E-state index >= 15 is 0 Å². The molecular weight excluding hydrogens is 204 g/mol. The van der Waals surface area contributed by atoms with Crippen molar-refractivity contribution in [2.24, 2.45) is 0 Å².